The van der Waals surface area contributed by atoms with Gasteiger partial charge < -0.3 is 5.32 Å². The molecule has 0 saturated carbocycles. The zero-order valence-electron chi connectivity index (χ0n) is 10.2. The Balaban J connectivity index is 1.95. The van der Waals surface area contributed by atoms with E-state index in [1.807, 2.05) is 48.5 Å². The summed E-state index contributed by atoms with van der Waals surface area (Å²) in [6, 6.07) is 15.2. The molecule has 1 amide bonds. The molecular formula is C15H9BrClNOS. The predicted molar refractivity (Wildman–Crippen MR) is 88.9 cm³/mol. The minimum atomic E-state index is -0.186. The van der Waals surface area contributed by atoms with Crippen molar-refractivity contribution in [3.8, 4) is 0 Å². The molecule has 1 aromatic heterocycles. The highest BCUT2D eigenvalue weighted by atomic mass is 79.9. The second-order valence-electron chi connectivity index (χ2n) is 4.21. The Kier molecular flexibility index (Phi) is 3.78. The number of rotatable bonds is 2. The molecule has 2 aromatic carbocycles. The first-order valence-electron chi connectivity index (χ1n) is 5.89. The molecule has 3 rings (SSSR count). The van der Waals surface area contributed by atoms with Crippen LogP contribution < -0.4 is 5.32 Å². The largest absolute Gasteiger partial charge is 0.321 e. The van der Waals surface area contributed by atoms with Crippen LogP contribution in [0.1, 0.15) is 9.67 Å². The monoisotopic (exact) mass is 365 g/mol. The predicted octanol–water partition coefficient (Wildman–Crippen LogP) is 5.57. The Bertz CT molecular complexity index is 799. The van der Waals surface area contributed by atoms with Crippen molar-refractivity contribution < 1.29 is 4.79 Å². The number of thiophene rings is 1. The lowest BCUT2D eigenvalue weighted by Gasteiger charge is -2.04. The number of carbonyl (C=O) groups is 1. The third-order valence-electron chi connectivity index (χ3n) is 2.82. The smallest absolute Gasteiger partial charge is 0.267 e. The van der Waals surface area contributed by atoms with Crippen LogP contribution >= 0.6 is 38.9 Å². The molecule has 100 valence electrons. The number of hydrogen-bond acceptors (Lipinski definition) is 2. The molecule has 0 saturated heterocycles. The molecule has 0 aliphatic rings. The summed E-state index contributed by atoms with van der Waals surface area (Å²) < 4.78 is 1.93. The first-order valence-corrected chi connectivity index (χ1v) is 7.88. The van der Waals surface area contributed by atoms with Crippen LogP contribution in [0.2, 0.25) is 5.02 Å². The maximum Gasteiger partial charge on any atom is 0.267 e. The van der Waals surface area contributed by atoms with Gasteiger partial charge in [-0.05, 0) is 24.3 Å². The van der Waals surface area contributed by atoms with Gasteiger partial charge in [-0.25, -0.2) is 0 Å². The first kappa shape index (κ1) is 13.6. The van der Waals surface area contributed by atoms with Crippen LogP contribution in [-0.2, 0) is 0 Å². The molecule has 0 unspecified atom stereocenters. The molecular weight excluding hydrogens is 358 g/mol. The third kappa shape index (κ3) is 2.59. The highest BCUT2D eigenvalue weighted by Gasteiger charge is 2.16. The van der Waals surface area contributed by atoms with Gasteiger partial charge in [-0.3, -0.25) is 4.79 Å². The summed E-state index contributed by atoms with van der Waals surface area (Å²) in [5.41, 5.74) is 0.734. The van der Waals surface area contributed by atoms with Crippen molar-refractivity contribution in [1.29, 1.82) is 0 Å². The molecule has 0 atom stereocenters. The molecule has 20 heavy (non-hydrogen) atoms. The van der Waals surface area contributed by atoms with E-state index in [0.29, 0.717) is 9.90 Å². The molecule has 1 N–H and O–H groups in total. The van der Waals surface area contributed by atoms with E-state index < -0.39 is 0 Å². The molecule has 0 aliphatic carbocycles. The summed E-state index contributed by atoms with van der Waals surface area (Å²) >= 11 is 11.1. The Morgan fingerprint density at radius 2 is 1.95 bits per heavy atom. The summed E-state index contributed by atoms with van der Waals surface area (Å²) in [4.78, 5) is 12.9. The van der Waals surface area contributed by atoms with Gasteiger partial charge in [-0.1, -0.05) is 51.8 Å². The van der Waals surface area contributed by atoms with Crippen molar-refractivity contribution in [2.24, 2.45) is 0 Å². The van der Waals surface area contributed by atoms with Crippen LogP contribution in [-0.4, -0.2) is 5.91 Å². The third-order valence-corrected chi connectivity index (χ3v) is 4.99. The number of hydrogen-bond donors (Lipinski definition) is 1. The van der Waals surface area contributed by atoms with Crippen LogP contribution in [0.4, 0.5) is 5.69 Å². The quantitative estimate of drug-likeness (QED) is 0.631. The molecule has 5 heteroatoms. The van der Waals surface area contributed by atoms with E-state index in [0.717, 1.165) is 20.2 Å². The number of anilines is 1. The summed E-state index contributed by atoms with van der Waals surface area (Å²) in [7, 11) is 0. The van der Waals surface area contributed by atoms with Gasteiger partial charge in [0.05, 0.1) is 5.02 Å². The van der Waals surface area contributed by atoms with Gasteiger partial charge in [0.2, 0.25) is 0 Å². The second-order valence-corrected chi connectivity index (χ2v) is 6.55. The van der Waals surface area contributed by atoms with Gasteiger partial charge in [-0.2, -0.15) is 0 Å². The zero-order chi connectivity index (χ0) is 14.1. The second kappa shape index (κ2) is 5.56. The van der Waals surface area contributed by atoms with Gasteiger partial charge in [-0.15, -0.1) is 11.3 Å². The van der Waals surface area contributed by atoms with Crippen LogP contribution in [0.15, 0.2) is 53.0 Å². The summed E-state index contributed by atoms with van der Waals surface area (Å²) in [6.07, 6.45) is 0. The zero-order valence-corrected chi connectivity index (χ0v) is 13.3. The van der Waals surface area contributed by atoms with E-state index in [1.165, 1.54) is 11.3 Å². The maximum atomic E-state index is 12.3. The van der Waals surface area contributed by atoms with Crippen molar-refractivity contribution >= 4 is 60.5 Å². The summed E-state index contributed by atoms with van der Waals surface area (Å²) in [5, 5.41) is 4.29. The van der Waals surface area contributed by atoms with Gasteiger partial charge in [0.1, 0.15) is 4.88 Å². The van der Waals surface area contributed by atoms with Crippen molar-refractivity contribution in [3.05, 3.63) is 62.9 Å². The van der Waals surface area contributed by atoms with Crippen LogP contribution in [0.3, 0.4) is 0 Å². The fraction of sp³-hybridized carbons (Fsp3) is 0. The van der Waals surface area contributed by atoms with Crippen molar-refractivity contribution in [1.82, 2.24) is 0 Å². The topological polar surface area (TPSA) is 29.1 Å². The molecule has 1 heterocycles. The Morgan fingerprint density at radius 3 is 2.70 bits per heavy atom. The molecule has 0 fully saturated rings. The van der Waals surface area contributed by atoms with Crippen molar-refractivity contribution in [3.63, 3.8) is 0 Å². The number of nitrogens with one attached hydrogen (secondary N) is 1. The van der Waals surface area contributed by atoms with E-state index in [1.54, 1.807) is 0 Å². The fourth-order valence-electron chi connectivity index (χ4n) is 1.91. The number of fused-ring (bicyclic) bond motifs is 1. The lowest BCUT2D eigenvalue weighted by Crippen LogP contribution is -2.10. The molecule has 3 aromatic rings. The molecule has 0 bridgehead atoms. The number of halogens is 2. The number of benzene rings is 2. The summed E-state index contributed by atoms with van der Waals surface area (Å²) in [5.74, 6) is -0.186. The van der Waals surface area contributed by atoms with E-state index in [2.05, 4.69) is 21.2 Å². The van der Waals surface area contributed by atoms with Gasteiger partial charge >= 0.3 is 0 Å². The Morgan fingerprint density at radius 1 is 1.15 bits per heavy atom. The summed E-state index contributed by atoms with van der Waals surface area (Å²) in [6.45, 7) is 0. The standard InChI is InChI=1S/C15H9BrClNOS/c16-9-4-3-5-10(8-9)18-15(19)14-13(17)11-6-1-2-7-12(11)20-14/h1-8H,(H,18,19). The lowest BCUT2D eigenvalue weighted by atomic mass is 10.2. The molecule has 0 aliphatic heterocycles. The van der Waals surface area contributed by atoms with Crippen molar-refractivity contribution in [2.45, 2.75) is 0 Å². The Labute approximate surface area is 133 Å². The SMILES string of the molecule is O=C(Nc1cccc(Br)c1)c1sc2ccccc2c1Cl. The number of carbonyl (C=O) groups excluding carboxylic acids is 1. The fourth-order valence-corrected chi connectivity index (χ4v) is 3.73. The maximum absolute atomic E-state index is 12.3. The molecule has 2 nitrogen and oxygen atoms in total. The number of amides is 1. The minimum absolute atomic E-state index is 0.186. The van der Waals surface area contributed by atoms with Crippen LogP contribution in [0, 0.1) is 0 Å². The van der Waals surface area contributed by atoms with Gasteiger partial charge in [0.15, 0.2) is 0 Å². The molecule has 0 spiro atoms. The average Bonchev–Trinajstić information content (AvgIpc) is 2.77. The van der Waals surface area contributed by atoms with E-state index in [4.69, 9.17) is 11.6 Å². The van der Waals surface area contributed by atoms with Crippen molar-refractivity contribution in [2.75, 3.05) is 5.32 Å². The van der Waals surface area contributed by atoms with Crippen LogP contribution in [0.5, 0.6) is 0 Å². The van der Waals surface area contributed by atoms with E-state index in [-0.39, 0.29) is 5.91 Å². The van der Waals surface area contributed by atoms with Gasteiger partial charge in [0, 0.05) is 20.2 Å². The highest BCUT2D eigenvalue weighted by molar-refractivity contribution is 9.10. The van der Waals surface area contributed by atoms with E-state index >= 15 is 0 Å². The molecule has 0 radical (unpaired) electrons. The normalized spacial score (nSPS) is 10.7. The van der Waals surface area contributed by atoms with Crippen LogP contribution in [0.25, 0.3) is 10.1 Å². The average molecular weight is 367 g/mol. The Hall–Kier alpha value is -1.36. The lowest BCUT2D eigenvalue weighted by molar-refractivity contribution is 0.103. The van der Waals surface area contributed by atoms with E-state index in [9.17, 15) is 4.79 Å². The van der Waals surface area contributed by atoms with Gasteiger partial charge in [0.25, 0.3) is 5.91 Å². The highest BCUT2D eigenvalue weighted by Crippen LogP contribution is 2.35. The minimum Gasteiger partial charge on any atom is -0.321 e. The first-order chi connectivity index (χ1) is 9.65.